The largest absolute Gasteiger partial charge is 0.357 e. The number of hydrogen-bond acceptors (Lipinski definition) is 4. The Bertz CT molecular complexity index is 868. The van der Waals surface area contributed by atoms with Gasteiger partial charge >= 0.3 is 0 Å². The van der Waals surface area contributed by atoms with Crippen LogP contribution in [0.5, 0.6) is 0 Å². The monoisotopic (exact) mass is 396 g/mol. The summed E-state index contributed by atoms with van der Waals surface area (Å²) in [5.41, 5.74) is 1.33. The Labute approximate surface area is 170 Å². The first-order valence-electron chi connectivity index (χ1n) is 9.72. The molecule has 0 aliphatic rings. The molecule has 1 aromatic carbocycles. The Morgan fingerprint density at radius 2 is 2.00 bits per heavy atom. The van der Waals surface area contributed by atoms with Gasteiger partial charge in [0.05, 0.1) is 5.01 Å². The summed E-state index contributed by atoms with van der Waals surface area (Å²) in [6.45, 7) is 7.24. The Morgan fingerprint density at radius 1 is 1.14 bits per heavy atom. The van der Waals surface area contributed by atoms with Gasteiger partial charge in [-0.2, -0.15) is 0 Å². The third-order valence-corrected chi connectivity index (χ3v) is 5.28. The lowest BCUT2D eigenvalue weighted by molar-refractivity contribution is 0.649. The molecule has 0 bridgehead atoms. The van der Waals surface area contributed by atoms with Crippen LogP contribution in [0.3, 0.4) is 0 Å². The smallest absolute Gasteiger partial charge is 0.191 e. The second kappa shape index (κ2) is 10.6. The lowest BCUT2D eigenvalue weighted by Gasteiger charge is -2.11. The number of thiazole rings is 1. The minimum absolute atomic E-state index is 0.549. The molecule has 0 atom stereocenters. The zero-order chi connectivity index (χ0) is 19.6. The summed E-state index contributed by atoms with van der Waals surface area (Å²) in [5, 5.41) is 7.84. The number of nitrogens with zero attached hydrogens (tertiary/aromatic N) is 4. The van der Waals surface area contributed by atoms with Crippen LogP contribution in [0.15, 0.2) is 53.9 Å². The lowest BCUT2D eigenvalue weighted by atomic mass is 10.1. The van der Waals surface area contributed by atoms with Gasteiger partial charge in [-0.3, -0.25) is 0 Å². The van der Waals surface area contributed by atoms with Crippen molar-refractivity contribution in [2.24, 2.45) is 4.99 Å². The van der Waals surface area contributed by atoms with E-state index in [1.165, 1.54) is 10.4 Å². The summed E-state index contributed by atoms with van der Waals surface area (Å²) >= 11 is 1.74. The van der Waals surface area contributed by atoms with E-state index in [-0.39, 0.29) is 0 Å². The number of imidazole rings is 1. The number of hydrogen-bond donors (Lipinski definition) is 2. The minimum atomic E-state index is 0.549. The van der Waals surface area contributed by atoms with Crippen LogP contribution >= 0.6 is 11.3 Å². The van der Waals surface area contributed by atoms with Crippen LogP contribution in [0.4, 0.5) is 0 Å². The molecule has 3 rings (SSSR count). The third kappa shape index (κ3) is 6.20. The molecule has 0 spiro atoms. The lowest BCUT2D eigenvalue weighted by Crippen LogP contribution is -2.38. The summed E-state index contributed by atoms with van der Waals surface area (Å²) in [4.78, 5) is 14.8. The van der Waals surface area contributed by atoms with Crippen LogP contribution in [0.25, 0.3) is 0 Å². The second-order valence-corrected chi connectivity index (χ2v) is 7.83. The molecule has 6 nitrogen and oxygen atoms in total. The second-order valence-electron chi connectivity index (χ2n) is 6.51. The summed E-state index contributed by atoms with van der Waals surface area (Å²) < 4.78 is 2.18. The molecule has 2 N–H and O–H groups in total. The molecule has 2 heterocycles. The predicted octanol–water partition coefficient (Wildman–Crippen LogP) is 3.19. The van der Waals surface area contributed by atoms with Gasteiger partial charge in [0.1, 0.15) is 12.4 Å². The number of benzene rings is 1. The molecular weight excluding hydrogens is 368 g/mol. The first-order chi connectivity index (χ1) is 13.7. The number of aliphatic imine (C=N–C) groups is 1. The van der Waals surface area contributed by atoms with E-state index in [0.717, 1.165) is 49.3 Å². The molecule has 0 saturated heterocycles. The fourth-order valence-corrected chi connectivity index (χ4v) is 3.67. The Kier molecular flexibility index (Phi) is 7.61. The Morgan fingerprint density at radius 3 is 2.75 bits per heavy atom. The number of nitrogens with one attached hydrogen (secondary N) is 2. The van der Waals surface area contributed by atoms with E-state index in [1.807, 2.05) is 24.7 Å². The average molecular weight is 397 g/mol. The highest BCUT2D eigenvalue weighted by molar-refractivity contribution is 7.11. The van der Waals surface area contributed by atoms with Gasteiger partial charge in [0.15, 0.2) is 5.96 Å². The van der Waals surface area contributed by atoms with Crippen molar-refractivity contribution < 1.29 is 0 Å². The minimum Gasteiger partial charge on any atom is -0.357 e. The quantitative estimate of drug-likeness (QED) is 0.431. The Balaban J connectivity index is 1.53. The summed E-state index contributed by atoms with van der Waals surface area (Å²) in [7, 11) is 0. The maximum absolute atomic E-state index is 4.70. The SMILES string of the molecule is CCNC(=NCc1nccn1CCc1ccccc1)NCCc1ncc(C)s1. The van der Waals surface area contributed by atoms with E-state index in [1.54, 1.807) is 11.3 Å². The molecular formula is C21H28N6S. The number of rotatable bonds is 9. The van der Waals surface area contributed by atoms with Crippen molar-refractivity contribution in [3.8, 4) is 0 Å². The molecule has 148 valence electrons. The maximum atomic E-state index is 4.70. The normalized spacial score (nSPS) is 11.6. The van der Waals surface area contributed by atoms with Gasteiger partial charge in [-0.05, 0) is 25.8 Å². The molecule has 28 heavy (non-hydrogen) atoms. The van der Waals surface area contributed by atoms with Crippen molar-refractivity contribution in [1.29, 1.82) is 0 Å². The van der Waals surface area contributed by atoms with Crippen LogP contribution < -0.4 is 10.6 Å². The molecule has 3 aromatic rings. The van der Waals surface area contributed by atoms with Gasteiger partial charge < -0.3 is 15.2 Å². The van der Waals surface area contributed by atoms with Crippen LogP contribution in [0.2, 0.25) is 0 Å². The van der Waals surface area contributed by atoms with Crippen molar-refractivity contribution in [2.75, 3.05) is 13.1 Å². The van der Waals surface area contributed by atoms with Gasteiger partial charge in [0.25, 0.3) is 0 Å². The molecule has 7 heteroatoms. The van der Waals surface area contributed by atoms with Gasteiger partial charge in [-0.1, -0.05) is 30.3 Å². The van der Waals surface area contributed by atoms with Crippen molar-refractivity contribution in [3.63, 3.8) is 0 Å². The zero-order valence-electron chi connectivity index (χ0n) is 16.6. The first-order valence-corrected chi connectivity index (χ1v) is 10.5. The molecule has 0 amide bonds. The van der Waals surface area contributed by atoms with Crippen LogP contribution in [0, 0.1) is 6.92 Å². The first kappa shape index (κ1) is 20.1. The molecule has 0 radical (unpaired) electrons. The Hall–Kier alpha value is -2.67. The highest BCUT2D eigenvalue weighted by Crippen LogP contribution is 2.11. The summed E-state index contributed by atoms with van der Waals surface area (Å²) in [5.74, 6) is 1.79. The number of guanidine groups is 1. The molecule has 0 saturated carbocycles. The van der Waals surface area contributed by atoms with E-state index in [2.05, 4.69) is 63.3 Å². The van der Waals surface area contributed by atoms with Gasteiger partial charge in [0, 0.05) is 49.5 Å². The van der Waals surface area contributed by atoms with E-state index in [0.29, 0.717) is 6.54 Å². The molecule has 2 aromatic heterocycles. The molecule has 0 aliphatic heterocycles. The fourth-order valence-electron chi connectivity index (χ4n) is 2.89. The highest BCUT2D eigenvalue weighted by atomic mass is 32.1. The molecule has 0 aliphatic carbocycles. The van der Waals surface area contributed by atoms with E-state index in [9.17, 15) is 0 Å². The van der Waals surface area contributed by atoms with Gasteiger partial charge in [-0.25, -0.2) is 15.0 Å². The third-order valence-electron chi connectivity index (χ3n) is 4.31. The summed E-state index contributed by atoms with van der Waals surface area (Å²) in [6, 6.07) is 10.5. The number of aromatic nitrogens is 3. The van der Waals surface area contributed by atoms with E-state index >= 15 is 0 Å². The zero-order valence-corrected chi connectivity index (χ0v) is 17.4. The maximum Gasteiger partial charge on any atom is 0.191 e. The highest BCUT2D eigenvalue weighted by Gasteiger charge is 2.05. The van der Waals surface area contributed by atoms with Crippen molar-refractivity contribution >= 4 is 17.3 Å². The van der Waals surface area contributed by atoms with Crippen molar-refractivity contribution in [3.05, 3.63) is 70.2 Å². The van der Waals surface area contributed by atoms with Crippen LogP contribution in [0.1, 0.15) is 28.2 Å². The fraction of sp³-hybridized carbons (Fsp3) is 0.381. The molecule has 0 fully saturated rings. The van der Waals surface area contributed by atoms with Gasteiger partial charge in [0.2, 0.25) is 0 Å². The van der Waals surface area contributed by atoms with Crippen LogP contribution in [-0.2, 0) is 25.9 Å². The average Bonchev–Trinajstić information content (AvgIpc) is 3.34. The van der Waals surface area contributed by atoms with E-state index in [4.69, 9.17) is 4.99 Å². The summed E-state index contributed by atoms with van der Waals surface area (Å²) in [6.07, 6.45) is 7.68. The van der Waals surface area contributed by atoms with E-state index < -0.39 is 0 Å². The van der Waals surface area contributed by atoms with Gasteiger partial charge in [-0.15, -0.1) is 11.3 Å². The predicted molar refractivity (Wildman–Crippen MR) is 116 cm³/mol. The van der Waals surface area contributed by atoms with Crippen molar-refractivity contribution in [1.82, 2.24) is 25.2 Å². The standard InChI is InChI=1S/C21H28N6S/c1-3-22-21(24-11-9-20-25-15-17(2)28-20)26-16-19-23-12-14-27(19)13-10-18-7-5-4-6-8-18/h4-8,12,14-15H,3,9-11,13,16H2,1-2H3,(H2,22,24,26). The number of aryl methyl sites for hydroxylation is 3. The van der Waals surface area contributed by atoms with Crippen molar-refractivity contribution in [2.45, 2.75) is 39.8 Å². The van der Waals surface area contributed by atoms with Crippen LogP contribution in [-0.4, -0.2) is 33.6 Å². The topological polar surface area (TPSA) is 67.1 Å². The molecule has 0 unspecified atom stereocenters.